The highest BCUT2D eigenvalue weighted by Gasteiger charge is 2.01. The van der Waals surface area contributed by atoms with Crippen molar-refractivity contribution in [3.05, 3.63) is 60.3 Å². The maximum atomic E-state index is 5.66. The second-order valence-electron chi connectivity index (χ2n) is 4.89. The van der Waals surface area contributed by atoms with Gasteiger partial charge in [0.1, 0.15) is 12.4 Å². The number of aromatic amines is 1. The molecule has 2 aromatic carbocycles. The van der Waals surface area contributed by atoms with Crippen LogP contribution in [0, 0.1) is 18.8 Å². The monoisotopic (exact) mass is 307 g/mol. The van der Waals surface area contributed by atoms with Crippen molar-refractivity contribution in [2.45, 2.75) is 11.8 Å². The number of nitrogens with one attached hydrogen (secondary N) is 1. The van der Waals surface area contributed by atoms with Gasteiger partial charge < -0.3 is 9.72 Å². The Labute approximate surface area is 134 Å². The molecule has 0 fully saturated rings. The highest BCUT2D eigenvalue weighted by molar-refractivity contribution is 7.99. The molecule has 0 amide bonds. The molecule has 0 saturated carbocycles. The predicted molar refractivity (Wildman–Crippen MR) is 93.5 cm³/mol. The number of hydrogen-bond acceptors (Lipinski definition) is 2. The van der Waals surface area contributed by atoms with E-state index in [1.54, 1.807) is 11.8 Å². The van der Waals surface area contributed by atoms with Crippen LogP contribution < -0.4 is 4.74 Å². The molecule has 0 aliphatic heterocycles. The van der Waals surface area contributed by atoms with Crippen LogP contribution in [0.2, 0.25) is 0 Å². The van der Waals surface area contributed by atoms with Crippen molar-refractivity contribution in [3.8, 4) is 17.6 Å². The van der Waals surface area contributed by atoms with Gasteiger partial charge >= 0.3 is 0 Å². The SMILES string of the molecule is Cc1ccccc1OCC#CCSc1c[nH]c2ccccc12. The second-order valence-corrected chi connectivity index (χ2v) is 5.91. The maximum absolute atomic E-state index is 5.66. The summed E-state index contributed by atoms with van der Waals surface area (Å²) in [6.45, 7) is 2.47. The van der Waals surface area contributed by atoms with Crippen LogP contribution in [-0.4, -0.2) is 17.3 Å². The summed E-state index contributed by atoms with van der Waals surface area (Å²) in [6, 6.07) is 16.3. The average Bonchev–Trinajstić information content (AvgIpc) is 2.96. The predicted octanol–water partition coefficient (Wildman–Crippen LogP) is 4.65. The third kappa shape index (κ3) is 3.47. The van der Waals surface area contributed by atoms with Crippen molar-refractivity contribution in [1.82, 2.24) is 4.98 Å². The van der Waals surface area contributed by atoms with Crippen LogP contribution in [-0.2, 0) is 0 Å². The largest absolute Gasteiger partial charge is 0.481 e. The first-order chi connectivity index (χ1) is 10.8. The Balaban J connectivity index is 1.51. The lowest BCUT2D eigenvalue weighted by Crippen LogP contribution is -1.95. The second kappa shape index (κ2) is 7.11. The van der Waals surface area contributed by atoms with Gasteiger partial charge in [0.2, 0.25) is 0 Å². The fourth-order valence-corrected chi connectivity index (χ4v) is 3.02. The summed E-state index contributed by atoms with van der Waals surface area (Å²) in [5.41, 5.74) is 2.30. The smallest absolute Gasteiger partial charge is 0.149 e. The summed E-state index contributed by atoms with van der Waals surface area (Å²) >= 11 is 1.75. The zero-order valence-electron chi connectivity index (χ0n) is 12.4. The van der Waals surface area contributed by atoms with E-state index in [9.17, 15) is 0 Å². The topological polar surface area (TPSA) is 25.0 Å². The van der Waals surface area contributed by atoms with E-state index in [2.05, 4.69) is 35.0 Å². The quantitative estimate of drug-likeness (QED) is 0.560. The van der Waals surface area contributed by atoms with Crippen molar-refractivity contribution < 1.29 is 4.74 Å². The molecule has 2 nitrogen and oxygen atoms in total. The number of aromatic nitrogens is 1. The standard InChI is InChI=1S/C19H17NOS/c1-15-8-2-5-11-18(15)21-12-6-7-13-22-19-14-20-17-10-4-3-9-16(17)19/h2-5,8-11,14,20H,12-13H2,1H3. The minimum Gasteiger partial charge on any atom is -0.481 e. The maximum Gasteiger partial charge on any atom is 0.149 e. The van der Waals surface area contributed by atoms with Crippen LogP contribution in [0.15, 0.2) is 59.6 Å². The molecule has 1 N–H and O–H groups in total. The molecular formula is C19H17NOS. The summed E-state index contributed by atoms with van der Waals surface area (Å²) < 4.78 is 5.66. The first-order valence-corrected chi connectivity index (χ1v) is 8.16. The lowest BCUT2D eigenvalue weighted by atomic mass is 10.2. The molecule has 0 radical (unpaired) electrons. The molecular weight excluding hydrogens is 290 g/mol. The summed E-state index contributed by atoms with van der Waals surface area (Å²) in [6.07, 6.45) is 2.04. The van der Waals surface area contributed by atoms with E-state index >= 15 is 0 Å². The molecule has 0 atom stereocenters. The fourth-order valence-electron chi connectivity index (χ4n) is 2.21. The number of hydrogen-bond donors (Lipinski definition) is 1. The zero-order valence-corrected chi connectivity index (χ0v) is 13.2. The number of aryl methyl sites for hydroxylation is 1. The van der Waals surface area contributed by atoms with Gasteiger partial charge in [-0.15, -0.1) is 11.8 Å². The van der Waals surface area contributed by atoms with Gasteiger partial charge in [0, 0.05) is 22.0 Å². The molecule has 1 aromatic heterocycles. The van der Waals surface area contributed by atoms with E-state index in [1.807, 2.05) is 43.5 Å². The first kappa shape index (κ1) is 14.6. The molecule has 0 saturated heterocycles. The normalized spacial score (nSPS) is 10.2. The lowest BCUT2D eigenvalue weighted by molar-refractivity contribution is 0.367. The molecule has 0 aliphatic rings. The molecule has 0 bridgehead atoms. The van der Waals surface area contributed by atoms with Crippen LogP contribution in [0.4, 0.5) is 0 Å². The summed E-state index contributed by atoms with van der Waals surface area (Å²) in [7, 11) is 0. The molecule has 22 heavy (non-hydrogen) atoms. The van der Waals surface area contributed by atoms with Crippen LogP contribution in [0.25, 0.3) is 10.9 Å². The van der Waals surface area contributed by atoms with E-state index < -0.39 is 0 Å². The van der Waals surface area contributed by atoms with E-state index in [0.717, 1.165) is 17.1 Å². The first-order valence-electron chi connectivity index (χ1n) is 7.17. The molecule has 0 spiro atoms. The van der Waals surface area contributed by atoms with Gasteiger partial charge in [-0.25, -0.2) is 0 Å². The molecule has 3 aromatic rings. The highest BCUT2D eigenvalue weighted by atomic mass is 32.2. The van der Waals surface area contributed by atoms with E-state index in [1.165, 1.54) is 15.8 Å². The fraction of sp³-hybridized carbons (Fsp3) is 0.158. The third-order valence-electron chi connectivity index (χ3n) is 3.37. The van der Waals surface area contributed by atoms with Crippen molar-refractivity contribution in [3.63, 3.8) is 0 Å². The molecule has 1 heterocycles. The molecule has 0 aliphatic carbocycles. The van der Waals surface area contributed by atoms with Crippen LogP contribution in [0.3, 0.4) is 0 Å². The molecule has 3 heteroatoms. The van der Waals surface area contributed by atoms with Crippen molar-refractivity contribution in [1.29, 1.82) is 0 Å². The summed E-state index contributed by atoms with van der Waals surface area (Å²) in [5, 5.41) is 1.26. The summed E-state index contributed by atoms with van der Waals surface area (Å²) in [4.78, 5) is 4.51. The Hall–Kier alpha value is -2.31. The van der Waals surface area contributed by atoms with E-state index in [0.29, 0.717) is 6.61 Å². The van der Waals surface area contributed by atoms with Crippen molar-refractivity contribution in [2.24, 2.45) is 0 Å². The van der Waals surface area contributed by atoms with Gasteiger partial charge in [0.05, 0.1) is 5.75 Å². The van der Waals surface area contributed by atoms with E-state index in [-0.39, 0.29) is 0 Å². The van der Waals surface area contributed by atoms with Crippen molar-refractivity contribution in [2.75, 3.05) is 12.4 Å². The Morgan fingerprint density at radius 3 is 2.77 bits per heavy atom. The highest BCUT2D eigenvalue weighted by Crippen LogP contribution is 2.27. The van der Waals surface area contributed by atoms with E-state index in [4.69, 9.17) is 4.74 Å². The van der Waals surface area contributed by atoms with Gasteiger partial charge in [-0.3, -0.25) is 0 Å². The number of thioether (sulfide) groups is 1. The molecule has 3 rings (SSSR count). The van der Waals surface area contributed by atoms with Crippen LogP contribution >= 0.6 is 11.8 Å². The van der Waals surface area contributed by atoms with Crippen LogP contribution in [0.1, 0.15) is 5.56 Å². The van der Waals surface area contributed by atoms with Gasteiger partial charge in [0.15, 0.2) is 0 Å². The molecule has 110 valence electrons. The Bertz CT molecular complexity index is 826. The van der Waals surface area contributed by atoms with Crippen LogP contribution in [0.5, 0.6) is 5.75 Å². The lowest BCUT2D eigenvalue weighted by Gasteiger charge is -2.04. The Morgan fingerprint density at radius 2 is 1.86 bits per heavy atom. The Kier molecular flexibility index (Phi) is 4.72. The third-order valence-corrected chi connectivity index (χ3v) is 4.31. The van der Waals surface area contributed by atoms with Crippen molar-refractivity contribution >= 4 is 22.7 Å². The summed E-state index contributed by atoms with van der Waals surface area (Å²) in [5.74, 6) is 7.89. The minimum absolute atomic E-state index is 0.430. The number of rotatable bonds is 4. The number of H-pyrrole nitrogens is 1. The van der Waals surface area contributed by atoms with Gasteiger partial charge in [0.25, 0.3) is 0 Å². The van der Waals surface area contributed by atoms with Gasteiger partial charge in [-0.1, -0.05) is 48.2 Å². The minimum atomic E-state index is 0.430. The Morgan fingerprint density at radius 1 is 1.05 bits per heavy atom. The zero-order chi connectivity index (χ0) is 15.2. The average molecular weight is 307 g/mol. The van der Waals surface area contributed by atoms with Gasteiger partial charge in [-0.05, 0) is 24.6 Å². The number of para-hydroxylation sites is 2. The number of fused-ring (bicyclic) bond motifs is 1. The number of ether oxygens (including phenoxy) is 1. The van der Waals surface area contributed by atoms with Gasteiger partial charge in [-0.2, -0.15) is 0 Å². The molecule has 0 unspecified atom stereocenters. The number of benzene rings is 2.